The van der Waals surface area contributed by atoms with Crippen LogP contribution in [-0.2, 0) is 6.54 Å². The van der Waals surface area contributed by atoms with E-state index in [-0.39, 0.29) is 0 Å². The zero-order chi connectivity index (χ0) is 20.9. The molecule has 0 spiro atoms. The summed E-state index contributed by atoms with van der Waals surface area (Å²) in [5.41, 5.74) is 1.13. The van der Waals surface area contributed by atoms with E-state index < -0.39 is 0 Å². The summed E-state index contributed by atoms with van der Waals surface area (Å²) >= 11 is 0. The first-order chi connectivity index (χ1) is 14.7. The van der Waals surface area contributed by atoms with Crippen LogP contribution in [0.3, 0.4) is 0 Å². The van der Waals surface area contributed by atoms with Gasteiger partial charge in [0, 0.05) is 25.2 Å². The molecule has 0 unspecified atom stereocenters. The minimum Gasteiger partial charge on any atom is -0.497 e. The smallest absolute Gasteiger partial charge is 0.156 e. The standard InChI is InChI=1S/C23H23N5O2/c1-28(23-20-14-19(30-3)9-6-17(20)12-13-24-23)22-11-10-21(26-27-22)25-15-16-4-7-18(29-2)8-5-16/h4-14H,15H2,1-3H3,(H,25,26). The van der Waals surface area contributed by atoms with Crippen molar-refractivity contribution in [2.24, 2.45) is 0 Å². The van der Waals surface area contributed by atoms with Crippen LogP contribution in [0, 0.1) is 0 Å². The van der Waals surface area contributed by atoms with Gasteiger partial charge in [0.15, 0.2) is 5.82 Å². The van der Waals surface area contributed by atoms with Crippen molar-refractivity contribution < 1.29 is 9.47 Å². The molecule has 2 aromatic carbocycles. The molecule has 0 saturated carbocycles. The SMILES string of the molecule is COc1ccc(CNc2ccc(N(C)c3nccc4ccc(OC)cc34)nn2)cc1. The van der Waals surface area contributed by atoms with E-state index in [0.717, 1.165) is 33.7 Å². The molecule has 0 radical (unpaired) electrons. The van der Waals surface area contributed by atoms with Crippen LogP contribution in [0.15, 0.2) is 66.9 Å². The maximum Gasteiger partial charge on any atom is 0.156 e. The molecule has 2 aromatic heterocycles. The van der Waals surface area contributed by atoms with Gasteiger partial charge in [-0.15, -0.1) is 10.2 Å². The molecule has 0 bridgehead atoms. The van der Waals surface area contributed by atoms with Gasteiger partial charge < -0.3 is 19.7 Å². The maximum atomic E-state index is 5.37. The monoisotopic (exact) mass is 401 g/mol. The van der Waals surface area contributed by atoms with E-state index in [0.29, 0.717) is 18.2 Å². The summed E-state index contributed by atoms with van der Waals surface area (Å²) in [6, 6.07) is 19.7. The number of benzene rings is 2. The quantitative estimate of drug-likeness (QED) is 0.491. The molecule has 4 aromatic rings. The fraction of sp³-hybridized carbons (Fsp3) is 0.174. The van der Waals surface area contributed by atoms with Crippen LogP contribution in [0.1, 0.15) is 5.56 Å². The predicted molar refractivity (Wildman–Crippen MR) is 119 cm³/mol. The van der Waals surface area contributed by atoms with Gasteiger partial charge in [0.1, 0.15) is 23.1 Å². The van der Waals surface area contributed by atoms with Gasteiger partial charge in [-0.1, -0.05) is 18.2 Å². The largest absolute Gasteiger partial charge is 0.497 e. The van der Waals surface area contributed by atoms with Gasteiger partial charge in [0.2, 0.25) is 0 Å². The lowest BCUT2D eigenvalue weighted by Crippen LogP contribution is -2.14. The average Bonchev–Trinajstić information content (AvgIpc) is 2.82. The predicted octanol–water partition coefficient (Wildman–Crippen LogP) is 4.42. The number of nitrogens with zero attached hydrogens (tertiary/aromatic N) is 4. The highest BCUT2D eigenvalue weighted by Gasteiger charge is 2.12. The highest BCUT2D eigenvalue weighted by atomic mass is 16.5. The van der Waals surface area contributed by atoms with Crippen molar-refractivity contribution in [1.82, 2.24) is 15.2 Å². The number of hydrogen-bond donors (Lipinski definition) is 1. The Hall–Kier alpha value is -3.87. The topological polar surface area (TPSA) is 72.4 Å². The van der Waals surface area contributed by atoms with E-state index in [1.54, 1.807) is 20.4 Å². The van der Waals surface area contributed by atoms with Crippen LogP contribution >= 0.6 is 0 Å². The summed E-state index contributed by atoms with van der Waals surface area (Å²) < 4.78 is 10.5. The molecule has 2 heterocycles. The second-order valence-corrected chi connectivity index (χ2v) is 6.76. The van der Waals surface area contributed by atoms with Crippen molar-refractivity contribution >= 4 is 28.2 Å². The Morgan fingerprint density at radius 3 is 2.33 bits per heavy atom. The number of ether oxygens (including phenoxy) is 2. The first-order valence-corrected chi connectivity index (χ1v) is 9.55. The Bertz CT molecular complexity index is 1130. The van der Waals surface area contributed by atoms with Gasteiger partial charge in [0.05, 0.1) is 14.2 Å². The van der Waals surface area contributed by atoms with Crippen molar-refractivity contribution in [2.45, 2.75) is 6.54 Å². The molecule has 0 fully saturated rings. The summed E-state index contributed by atoms with van der Waals surface area (Å²) in [5.74, 6) is 3.82. The van der Waals surface area contributed by atoms with E-state index in [9.17, 15) is 0 Å². The van der Waals surface area contributed by atoms with Crippen LogP contribution in [0.25, 0.3) is 10.8 Å². The van der Waals surface area contributed by atoms with Crippen LogP contribution < -0.4 is 19.7 Å². The molecule has 7 nitrogen and oxygen atoms in total. The fourth-order valence-electron chi connectivity index (χ4n) is 3.17. The molecule has 1 N–H and O–H groups in total. The highest BCUT2D eigenvalue weighted by Crippen LogP contribution is 2.30. The lowest BCUT2D eigenvalue weighted by Gasteiger charge is -2.19. The van der Waals surface area contributed by atoms with Gasteiger partial charge in [-0.05, 0) is 53.4 Å². The Morgan fingerprint density at radius 2 is 1.63 bits per heavy atom. The molecular formula is C23H23N5O2. The molecule has 0 amide bonds. The van der Waals surface area contributed by atoms with Crippen LogP contribution in [0.2, 0.25) is 0 Å². The minimum absolute atomic E-state index is 0.651. The molecule has 0 aliphatic carbocycles. The number of hydrogen-bond acceptors (Lipinski definition) is 7. The van der Waals surface area contributed by atoms with Crippen molar-refractivity contribution in [3.8, 4) is 11.5 Å². The van der Waals surface area contributed by atoms with Crippen molar-refractivity contribution in [3.63, 3.8) is 0 Å². The van der Waals surface area contributed by atoms with E-state index in [2.05, 4.69) is 20.5 Å². The Kier molecular flexibility index (Phi) is 5.61. The molecule has 30 heavy (non-hydrogen) atoms. The molecule has 4 rings (SSSR count). The zero-order valence-corrected chi connectivity index (χ0v) is 17.2. The van der Waals surface area contributed by atoms with Gasteiger partial charge in [-0.2, -0.15) is 0 Å². The third-order valence-corrected chi connectivity index (χ3v) is 4.90. The van der Waals surface area contributed by atoms with E-state index in [1.807, 2.05) is 72.6 Å². The summed E-state index contributed by atoms with van der Waals surface area (Å²) in [4.78, 5) is 6.47. The van der Waals surface area contributed by atoms with Crippen LogP contribution in [0.5, 0.6) is 11.5 Å². The highest BCUT2D eigenvalue weighted by molar-refractivity contribution is 5.94. The van der Waals surface area contributed by atoms with Gasteiger partial charge in [-0.3, -0.25) is 0 Å². The number of fused-ring (bicyclic) bond motifs is 1. The third-order valence-electron chi connectivity index (χ3n) is 4.90. The Morgan fingerprint density at radius 1 is 0.867 bits per heavy atom. The second-order valence-electron chi connectivity index (χ2n) is 6.76. The Labute approximate surface area is 175 Å². The number of rotatable bonds is 7. The van der Waals surface area contributed by atoms with E-state index in [4.69, 9.17) is 9.47 Å². The molecule has 0 aliphatic heterocycles. The zero-order valence-electron chi connectivity index (χ0n) is 17.2. The minimum atomic E-state index is 0.651. The molecule has 0 saturated heterocycles. The van der Waals surface area contributed by atoms with E-state index in [1.165, 1.54) is 0 Å². The van der Waals surface area contributed by atoms with Gasteiger partial charge in [-0.25, -0.2) is 4.98 Å². The van der Waals surface area contributed by atoms with Crippen molar-refractivity contribution in [2.75, 3.05) is 31.5 Å². The number of methoxy groups -OCH3 is 2. The number of anilines is 3. The van der Waals surface area contributed by atoms with Crippen LogP contribution in [-0.4, -0.2) is 36.4 Å². The maximum absolute atomic E-state index is 5.37. The first kappa shape index (κ1) is 19.4. The summed E-state index contributed by atoms with van der Waals surface area (Å²) in [5, 5.41) is 14.0. The average molecular weight is 401 g/mol. The first-order valence-electron chi connectivity index (χ1n) is 9.55. The fourth-order valence-corrected chi connectivity index (χ4v) is 3.17. The number of nitrogens with one attached hydrogen (secondary N) is 1. The lowest BCUT2D eigenvalue weighted by molar-refractivity contribution is 0.414. The summed E-state index contributed by atoms with van der Waals surface area (Å²) in [6.07, 6.45) is 1.79. The number of pyridine rings is 1. The van der Waals surface area contributed by atoms with Gasteiger partial charge in [0.25, 0.3) is 0 Å². The molecule has 7 heteroatoms. The number of aromatic nitrogens is 3. The normalized spacial score (nSPS) is 10.6. The molecule has 0 atom stereocenters. The van der Waals surface area contributed by atoms with E-state index >= 15 is 0 Å². The lowest BCUT2D eigenvalue weighted by atomic mass is 10.1. The van der Waals surface area contributed by atoms with Crippen molar-refractivity contribution in [1.29, 1.82) is 0 Å². The molecular weight excluding hydrogens is 378 g/mol. The second kappa shape index (κ2) is 8.65. The summed E-state index contributed by atoms with van der Waals surface area (Å²) in [7, 11) is 5.24. The van der Waals surface area contributed by atoms with Gasteiger partial charge >= 0.3 is 0 Å². The van der Waals surface area contributed by atoms with Crippen LogP contribution in [0.4, 0.5) is 17.5 Å². The summed E-state index contributed by atoms with van der Waals surface area (Å²) in [6.45, 7) is 0.651. The molecule has 152 valence electrons. The Balaban J connectivity index is 1.50. The third kappa shape index (κ3) is 4.10. The molecule has 0 aliphatic rings. The van der Waals surface area contributed by atoms with Crippen molar-refractivity contribution in [3.05, 3.63) is 72.4 Å².